The Balaban J connectivity index is 2.27. The van der Waals surface area contributed by atoms with E-state index in [4.69, 9.17) is 4.52 Å². The molecule has 1 aliphatic heterocycles. The third kappa shape index (κ3) is 1.26. The van der Waals surface area contributed by atoms with Gasteiger partial charge in [0.05, 0.1) is 0 Å². The highest BCUT2D eigenvalue weighted by molar-refractivity contribution is 6.00. The Hall–Kier alpha value is -1.85. The van der Waals surface area contributed by atoms with E-state index in [2.05, 4.69) is 9.89 Å². The van der Waals surface area contributed by atoms with Gasteiger partial charge in [0.15, 0.2) is 0 Å². The van der Waals surface area contributed by atoms with Crippen molar-refractivity contribution in [3.05, 3.63) is 17.5 Å². The van der Waals surface area contributed by atoms with Crippen LogP contribution in [0.4, 0.5) is 4.79 Å². The summed E-state index contributed by atoms with van der Waals surface area (Å²) in [6, 6.07) is 1.54. The fourth-order valence-electron chi connectivity index (χ4n) is 1.06. The van der Waals surface area contributed by atoms with Gasteiger partial charge >= 0.3 is 6.09 Å². The standard InChI is InChI=1S/C7H6N2O4/c1-3-2-4(9-13-3)5-6(10)8-7(11)12-5/h2,5H,1H3,(H,8,10,11). The second-order valence-electron chi connectivity index (χ2n) is 2.64. The second kappa shape index (κ2) is 2.58. The molecule has 68 valence electrons. The number of cyclic esters (lactones) is 1. The van der Waals surface area contributed by atoms with Crippen LogP contribution in [0.3, 0.4) is 0 Å². The van der Waals surface area contributed by atoms with Gasteiger partial charge in [0, 0.05) is 6.07 Å². The quantitative estimate of drug-likeness (QED) is 0.675. The molecule has 0 saturated carbocycles. The Kier molecular flexibility index (Phi) is 1.54. The second-order valence-corrected chi connectivity index (χ2v) is 2.64. The van der Waals surface area contributed by atoms with Crippen LogP contribution in [0.2, 0.25) is 0 Å². The molecule has 0 aromatic carbocycles. The first-order chi connectivity index (χ1) is 6.16. The van der Waals surface area contributed by atoms with Gasteiger partial charge in [-0.1, -0.05) is 5.16 Å². The van der Waals surface area contributed by atoms with Crippen LogP contribution in [0.15, 0.2) is 10.6 Å². The summed E-state index contributed by atoms with van der Waals surface area (Å²) in [5, 5.41) is 5.56. The van der Waals surface area contributed by atoms with Gasteiger partial charge in [0.2, 0.25) is 6.10 Å². The molecule has 2 rings (SSSR count). The first-order valence-corrected chi connectivity index (χ1v) is 3.61. The van der Waals surface area contributed by atoms with Crippen molar-refractivity contribution in [1.82, 2.24) is 10.5 Å². The summed E-state index contributed by atoms with van der Waals surface area (Å²) in [5.41, 5.74) is 0.306. The Morgan fingerprint density at radius 1 is 1.54 bits per heavy atom. The SMILES string of the molecule is Cc1cc(C2OC(=O)NC2=O)no1. The average molecular weight is 182 g/mol. The number of aryl methyl sites for hydroxylation is 1. The smallest absolute Gasteiger partial charge is 0.415 e. The Bertz CT molecular complexity index is 370. The molecule has 2 amide bonds. The number of hydrogen-bond donors (Lipinski definition) is 1. The van der Waals surface area contributed by atoms with E-state index in [1.165, 1.54) is 0 Å². The fourth-order valence-corrected chi connectivity index (χ4v) is 1.06. The molecule has 1 fully saturated rings. The number of nitrogens with zero attached hydrogens (tertiary/aromatic N) is 1. The fraction of sp³-hybridized carbons (Fsp3) is 0.286. The van der Waals surface area contributed by atoms with Crippen LogP contribution in [0.1, 0.15) is 17.6 Å². The number of hydrogen-bond acceptors (Lipinski definition) is 5. The van der Waals surface area contributed by atoms with Crippen molar-refractivity contribution in [2.24, 2.45) is 0 Å². The molecule has 1 aliphatic rings. The van der Waals surface area contributed by atoms with Crippen LogP contribution in [-0.4, -0.2) is 17.2 Å². The van der Waals surface area contributed by atoms with Gasteiger partial charge in [-0.2, -0.15) is 0 Å². The zero-order valence-corrected chi connectivity index (χ0v) is 6.73. The largest absolute Gasteiger partial charge is 0.429 e. The third-order valence-electron chi connectivity index (χ3n) is 1.60. The van der Waals surface area contributed by atoms with Gasteiger partial charge in [0.25, 0.3) is 5.91 Å². The number of ether oxygens (including phenoxy) is 1. The number of imide groups is 1. The molecule has 2 heterocycles. The summed E-state index contributed by atoms with van der Waals surface area (Å²) in [4.78, 5) is 21.7. The van der Waals surface area contributed by atoms with Crippen molar-refractivity contribution < 1.29 is 18.8 Å². The third-order valence-corrected chi connectivity index (χ3v) is 1.60. The molecule has 1 aromatic heterocycles. The number of rotatable bonds is 1. The van der Waals surface area contributed by atoms with E-state index in [1.807, 2.05) is 5.32 Å². The Morgan fingerprint density at radius 3 is 2.77 bits per heavy atom. The lowest BCUT2D eigenvalue weighted by Gasteiger charge is -1.98. The molecular weight excluding hydrogens is 176 g/mol. The maximum absolute atomic E-state index is 11.1. The topological polar surface area (TPSA) is 81.4 Å². The highest BCUT2D eigenvalue weighted by Crippen LogP contribution is 2.21. The molecule has 13 heavy (non-hydrogen) atoms. The number of aromatic nitrogens is 1. The molecule has 0 spiro atoms. The summed E-state index contributed by atoms with van der Waals surface area (Å²) in [6.07, 6.45) is -1.72. The van der Waals surface area contributed by atoms with Crippen LogP contribution < -0.4 is 5.32 Å². The number of carbonyl (C=O) groups is 2. The average Bonchev–Trinajstić information content (AvgIpc) is 2.58. The van der Waals surface area contributed by atoms with Crippen LogP contribution >= 0.6 is 0 Å². The lowest BCUT2D eigenvalue weighted by atomic mass is 10.2. The van der Waals surface area contributed by atoms with E-state index in [-0.39, 0.29) is 0 Å². The molecule has 0 bridgehead atoms. The first-order valence-electron chi connectivity index (χ1n) is 3.61. The van der Waals surface area contributed by atoms with E-state index in [0.717, 1.165) is 0 Å². The van der Waals surface area contributed by atoms with Gasteiger partial charge in [-0.05, 0) is 6.92 Å². The van der Waals surface area contributed by atoms with Gasteiger partial charge < -0.3 is 9.26 Å². The number of amides is 2. The number of alkyl carbamates (subject to hydrolysis) is 1. The summed E-state index contributed by atoms with van der Waals surface area (Å²) in [5.74, 6) is 0.0454. The van der Waals surface area contributed by atoms with Gasteiger partial charge in [-0.15, -0.1) is 0 Å². The van der Waals surface area contributed by atoms with Crippen molar-refractivity contribution in [2.75, 3.05) is 0 Å². The van der Waals surface area contributed by atoms with E-state index < -0.39 is 18.1 Å². The predicted molar refractivity (Wildman–Crippen MR) is 38.6 cm³/mol. The molecule has 6 nitrogen and oxygen atoms in total. The van der Waals surface area contributed by atoms with Gasteiger partial charge in [0.1, 0.15) is 11.5 Å². The molecule has 1 N–H and O–H groups in total. The molecule has 1 atom stereocenters. The van der Waals surface area contributed by atoms with Crippen molar-refractivity contribution >= 4 is 12.0 Å². The molecular formula is C7H6N2O4. The molecule has 1 unspecified atom stereocenters. The minimum absolute atomic E-state index is 0.306. The summed E-state index contributed by atoms with van der Waals surface area (Å²) in [6.45, 7) is 1.69. The minimum Gasteiger partial charge on any atom is -0.429 e. The lowest BCUT2D eigenvalue weighted by molar-refractivity contribution is -0.123. The van der Waals surface area contributed by atoms with Crippen molar-refractivity contribution in [3.8, 4) is 0 Å². The Morgan fingerprint density at radius 2 is 2.31 bits per heavy atom. The zero-order chi connectivity index (χ0) is 9.42. The number of nitrogens with one attached hydrogen (secondary N) is 1. The highest BCUT2D eigenvalue weighted by atomic mass is 16.6. The lowest BCUT2D eigenvalue weighted by Crippen LogP contribution is -2.20. The normalized spacial score (nSPS) is 21.5. The van der Waals surface area contributed by atoms with Crippen LogP contribution in [0.25, 0.3) is 0 Å². The van der Waals surface area contributed by atoms with Crippen molar-refractivity contribution in [2.45, 2.75) is 13.0 Å². The summed E-state index contributed by atoms with van der Waals surface area (Å²) in [7, 11) is 0. The zero-order valence-electron chi connectivity index (χ0n) is 6.73. The van der Waals surface area contributed by atoms with E-state index in [9.17, 15) is 9.59 Å². The summed E-state index contributed by atoms with van der Waals surface area (Å²) < 4.78 is 9.39. The Labute approximate surface area is 72.8 Å². The van der Waals surface area contributed by atoms with Crippen molar-refractivity contribution in [3.63, 3.8) is 0 Å². The molecule has 0 aliphatic carbocycles. The van der Waals surface area contributed by atoms with Crippen LogP contribution in [0.5, 0.6) is 0 Å². The molecule has 6 heteroatoms. The first kappa shape index (κ1) is 7.78. The number of carbonyl (C=O) groups excluding carboxylic acids is 2. The van der Waals surface area contributed by atoms with Gasteiger partial charge in [-0.25, -0.2) is 4.79 Å². The van der Waals surface area contributed by atoms with Crippen LogP contribution in [-0.2, 0) is 9.53 Å². The van der Waals surface area contributed by atoms with Crippen molar-refractivity contribution in [1.29, 1.82) is 0 Å². The summed E-state index contributed by atoms with van der Waals surface area (Å²) >= 11 is 0. The van der Waals surface area contributed by atoms with Crippen LogP contribution in [0, 0.1) is 6.92 Å². The molecule has 0 radical (unpaired) electrons. The highest BCUT2D eigenvalue weighted by Gasteiger charge is 2.35. The molecule has 1 saturated heterocycles. The van der Waals surface area contributed by atoms with E-state index >= 15 is 0 Å². The maximum atomic E-state index is 11.1. The predicted octanol–water partition coefficient (Wildman–Crippen LogP) is 0.291. The van der Waals surface area contributed by atoms with E-state index in [0.29, 0.717) is 11.5 Å². The minimum atomic E-state index is -0.968. The molecule has 1 aromatic rings. The van der Waals surface area contributed by atoms with Gasteiger partial charge in [-0.3, -0.25) is 10.1 Å². The maximum Gasteiger partial charge on any atom is 0.415 e. The monoisotopic (exact) mass is 182 g/mol. The van der Waals surface area contributed by atoms with E-state index in [1.54, 1.807) is 13.0 Å².